The fourth-order valence-electron chi connectivity index (χ4n) is 4.13. The maximum atomic E-state index is 12.7. The molecule has 0 saturated carbocycles. The lowest BCUT2D eigenvalue weighted by molar-refractivity contribution is -0.116. The van der Waals surface area contributed by atoms with Crippen LogP contribution < -0.4 is 25.2 Å². The Morgan fingerprint density at radius 1 is 0.853 bits per heavy atom. The minimum absolute atomic E-state index is 0.0971. The highest BCUT2D eigenvalue weighted by atomic mass is 16.5. The van der Waals surface area contributed by atoms with E-state index in [2.05, 4.69) is 5.32 Å². The summed E-state index contributed by atoms with van der Waals surface area (Å²) in [4.78, 5) is 25.4. The first-order chi connectivity index (χ1) is 16.3. The molecule has 0 aliphatic rings. The summed E-state index contributed by atoms with van der Waals surface area (Å²) in [5, 5.41) is 4.63. The molecule has 0 aliphatic carbocycles. The maximum absolute atomic E-state index is 12.7. The van der Waals surface area contributed by atoms with Gasteiger partial charge in [-0.1, -0.05) is 0 Å². The van der Waals surface area contributed by atoms with Crippen LogP contribution in [0.3, 0.4) is 0 Å². The predicted molar refractivity (Wildman–Crippen MR) is 130 cm³/mol. The van der Waals surface area contributed by atoms with Gasteiger partial charge in [-0.2, -0.15) is 0 Å². The van der Waals surface area contributed by atoms with Crippen molar-refractivity contribution in [2.75, 3.05) is 26.6 Å². The van der Waals surface area contributed by atoms with Gasteiger partial charge in [0.2, 0.25) is 11.7 Å². The van der Waals surface area contributed by atoms with E-state index in [1.54, 1.807) is 18.2 Å². The van der Waals surface area contributed by atoms with E-state index in [1.165, 1.54) is 21.3 Å². The van der Waals surface area contributed by atoms with Crippen molar-refractivity contribution in [2.45, 2.75) is 33.6 Å². The molecule has 0 bridgehead atoms. The van der Waals surface area contributed by atoms with Crippen molar-refractivity contribution < 1.29 is 27.8 Å². The summed E-state index contributed by atoms with van der Waals surface area (Å²) >= 11 is 0. The van der Waals surface area contributed by atoms with Crippen LogP contribution in [0.2, 0.25) is 0 Å². The van der Waals surface area contributed by atoms with Crippen LogP contribution in [0.1, 0.15) is 28.9 Å². The van der Waals surface area contributed by atoms with Gasteiger partial charge in [0.15, 0.2) is 11.5 Å². The van der Waals surface area contributed by atoms with Crippen molar-refractivity contribution >= 4 is 33.5 Å². The quantitative estimate of drug-likeness (QED) is 0.381. The molecule has 2 aromatic carbocycles. The summed E-state index contributed by atoms with van der Waals surface area (Å²) in [7, 11) is 4.52. The number of nitrogens with one attached hydrogen (secondary N) is 1. The molecule has 1 N–H and O–H groups in total. The van der Waals surface area contributed by atoms with Crippen LogP contribution in [0.25, 0.3) is 21.9 Å². The Morgan fingerprint density at radius 2 is 1.47 bits per heavy atom. The van der Waals surface area contributed by atoms with Crippen molar-refractivity contribution in [3.05, 3.63) is 57.1 Å². The Bertz CT molecular complexity index is 1440. The van der Waals surface area contributed by atoms with E-state index in [-0.39, 0.29) is 18.7 Å². The maximum Gasteiger partial charge on any atom is 0.339 e. The molecular formula is C26H27NO7. The molecule has 0 saturated heterocycles. The van der Waals surface area contributed by atoms with Gasteiger partial charge in [0.1, 0.15) is 16.9 Å². The second kappa shape index (κ2) is 9.13. The van der Waals surface area contributed by atoms with E-state index in [4.69, 9.17) is 23.0 Å². The number of methoxy groups -OCH3 is 3. The molecule has 0 unspecified atom stereocenters. The third kappa shape index (κ3) is 4.07. The Labute approximate surface area is 196 Å². The fourth-order valence-corrected chi connectivity index (χ4v) is 4.13. The molecule has 8 heteroatoms. The zero-order valence-corrected chi connectivity index (χ0v) is 20.1. The van der Waals surface area contributed by atoms with Gasteiger partial charge in [-0.25, -0.2) is 4.79 Å². The minimum atomic E-state index is -0.454. The summed E-state index contributed by atoms with van der Waals surface area (Å²) < 4.78 is 27.3. The van der Waals surface area contributed by atoms with E-state index in [1.807, 2.05) is 26.8 Å². The van der Waals surface area contributed by atoms with E-state index in [0.29, 0.717) is 39.7 Å². The predicted octanol–water partition coefficient (Wildman–Crippen LogP) is 5.06. The number of rotatable bonds is 7. The summed E-state index contributed by atoms with van der Waals surface area (Å²) in [6, 6.07) is 7.03. The van der Waals surface area contributed by atoms with E-state index in [9.17, 15) is 9.59 Å². The second-order valence-electron chi connectivity index (χ2n) is 8.08. The van der Waals surface area contributed by atoms with E-state index < -0.39 is 5.63 Å². The molecule has 0 radical (unpaired) electrons. The average molecular weight is 466 g/mol. The van der Waals surface area contributed by atoms with Crippen LogP contribution >= 0.6 is 0 Å². The number of furan rings is 1. The summed E-state index contributed by atoms with van der Waals surface area (Å²) in [5.74, 6) is 1.86. The summed E-state index contributed by atoms with van der Waals surface area (Å²) in [5.41, 5.74) is 3.52. The number of hydrogen-bond acceptors (Lipinski definition) is 7. The van der Waals surface area contributed by atoms with Crippen molar-refractivity contribution in [3.8, 4) is 17.2 Å². The first kappa shape index (κ1) is 23.2. The molecule has 4 aromatic rings. The van der Waals surface area contributed by atoms with Crippen LogP contribution in [0.4, 0.5) is 5.69 Å². The van der Waals surface area contributed by atoms with Crippen molar-refractivity contribution in [1.82, 2.24) is 0 Å². The van der Waals surface area contributed by atoms with Gasteiger partial charge in [-0.15, -0.1) is 0 Å². The number of carbonyl (C=O) groups is 1. The highest BCUT2D eigenvalue weighted by molar-refractivity contribution is 5.97. The number of benzene rings is 2. The molecule has 34 heavy (non-hydrogen) atoms. The Morgan fingerprint density at radius 3 is 2.09 bits per heavy atom. The van der Waals surface area contributed by atoms with E-state index >= 15 is 0 Å². The number of anilines is 1. The number of fused-ring (bicyclic) bond motifs is 2. The van der Waals surface area contributed by atoms with Crippen LogP contribution in [-0.4, -0.2) is 27.2 Å². The van der Waals surface area contributed by atoms with Crippen molar-refractivity contribution in [1.29, 1.82) is 0 Å². The van der Waals surface area contributed by atoms with Gasteiger partial charge in [0.05, 0.1) is 21.3 Å². The molecule has 1 amide bonds. The van der Waals surface area contributed by atoms with Gasteiger partial charge >= 0.3 is 5.63 Å². The lowest BCUT2D eigenvalue weighted by atomic mass is 10.0. The SMILES string of the molecule is COc1cc(NC(=O)CCc2c(C)c3cc4c(C)c(C)oc4cc3oc2=O)cc(OC)c1OC. The third-order valence-electron chi connectivity index (χ3n) is 6.13. The highest BCUT2D eigenvalue weighted by Gasteiger charge is 2.18. The zero-order chi connectivity index (χ0) is 24.6. The van der Waals surface area contributed by atoms with Gasteiger partial charge in [-0.3, -0.25) is 4.79 Å². The molecule has 178 valence electrons. The van der Waals surface area contributed by atoms with Gasteiger partial charge < -0.3 is 28.4 Å². The second-order valence-corrected chi connectivity index (χ2v) is 8.08. The largest absolute Gasteiger partial charge is 0.493 e. The normalized spacial score (nSPS) is 11.1. The van der Waals surface area contributed by atoms with Crippen molar-refractivity contribution in [2.24, 2.45) is 0 Å². The lowest BCUT2D eigenvalue weighted by Gasteiger charge is -2.14. The third-order valence-corrected chi connectivity index (χ3v) is 6.13. The molecule has 0 spiro atoms. The number of hydrogen-bond donors (Lipinski definition) is 1. The molecule has 2 aromatic heterocycles. The first-order valence-electron chi connectivity index (χ1n) is 10.8. The first-order valence-corrected chi connectivity index (χ1v) is 10.8. The number of aryl methyl sites for hydroxylation is 3. The highest BCUT2D eigenvalue weighted by Crippen LogP contribution is 2.40. The lowest BCUT2D eigenvalue weighted by Crippen LogP contribution is -2.16. The molecule has 4 rings (SSSR count). The molecule has 2 heterocycles. The van der Waals surface area contributed by atoms with Crippen LogP contribution in [0, 0.1) is 20.8 Å². The van der Waals surface area contributed by atoms with Crippen LogP contribution in [-0.2, 0) is 11.2 Å². The standard InChI is InChI=1S/C26H27NO7/c1-13-15(3)33-20-12-21-19(11-18(13)20)14(2)17(26(29)34-21)7-8-24(28)27-16-9-22(30-4)25(32-6)23(10-16)31-5/h9-12H,7-8H2,1-6H3,(H,27,28). The van der Waals surface area contributed by atoms with Gasteiger partial charge in [0, 0.05) is 46.6 Å². The molecular weight excluding hydrogens is 438 g/mol. The van der Waals surface area contributed by atoms with Crippen LogP contribution in [0.15, 0.2) is 37.9 Å². The zero-order valence-electron chi connectivity index (χ0n) is 20.1. The minimum Gasteiger partial charge on any atom is -0.493 e. The number of carbonyl (C=O) groups excluding carboxylic acids is 1. The summed E-state index contributed by atoms with van der Waals surface area (Å²) in [6.07, 6.45) is 0.335. The Hall–Kier alpha value is -3.94. The fraction of sp³-hybridized carbons (Fsp3) is 0.308. The molecule has 0 aliphatic heterocycles. The van der Waals surface area contributed by atoms with Crippen molar-refractivity contribution in [3.63, 3.8) is 0 Å². The molecule has 8 nitrogen and oxygen atoms in total. The Balaban J connectivity index is 1.58. The number of amides is 1. The monoisotopic (exact) mass is 465 g/mol. The average Bonchev–Trinajstić information content (AvgIpc) is 3.09. The molecule has 0 atom stereocenters. The topological polar surface area (TPSA) is 100 Å². The number of ether oxygens (including phenoxy) is 3. The molecule has 0 fully saturated rings. The smallest absolute Gasteiger partial charge is 0.339 e. The van der Waals surface area contributed by atoms with Gasteiger partial charge in [-0.05, 0) is 44.4 Å². The van der Waals surface area contributed by atoms with Crippen LogP contribution in [0.5, 0.6) is 17.2 Å². The summed E-state index contributed by atoms with van der Waals surface area (Å²) in [6.45, 7) is 5.77. The van der Waals surface area contributed by atoms with Gasteiger partial charge in [0.25, 0.3) is 0 Å². The van der Waals surface area contributed by atoms with E-state index in [0.717, 1.165) is 27.7 Å². The Kier molecular flexibility index (Phi) is 6.24.